The largest absolute Gasteiger partial charge is 0.508 e. The van der Waals surface area contributed by atoms with Gasteiger partial charge in [-0.15, -0.1) is 12.6 Å². The molecular formula is C19H18N2O2S. The zero-order valence-corrected chi connectivity index (χ0v) is 14.1. The Morgan fingerprint density at radius 2 is 2.00 bits per heavy atom. The Hall–Kier alpha value is -2.79. The van der Waals surface area contributed by atoms with Crippen LogP contribution in [0.5, 0.6) is 11.5 Å². The van der Waals surface area contributed by atoms with Crippen LogP contribution in [0.2, 0.25) is 0 Å². The molecule has 0 saturated carbocycles. The first-order valence-corrected chi connectivity index (χ1v) is 7.90. The molecule has 0 aliphatic rings. The van der Waals surface area contributed by atoms with E-state index in [0.29, 0.717) is 10.6 Å². The second-order valence-electron chi connectivity index (χ2n) is 5.34. The number of anilines is 1. The van der Waals surface area contributed by atoms with Crippen LogP contribution in [0.4, 0.5) is 5.69 Å². The predicted octanol–water partition coefficient (Wildman–Crippen LogP) is 4.85. The molecule has 0 bridgehead atoms. The molecule has 3 rings (SSSR count). The Morgan fingerprint density at radius 1 is 1.21 bits per heavy atom. The number of aromatic amines is 1. The summed E-state index contributed by atoms with van der Waals surface area (Å²) in [6, 6.07) is 12.4. The average molecular weight is 338 g/mol. The van der Waals surface area contributed by atoms with Crippen molar-refractivity contribution in [3.05, 3.63) is 71.9 Å². The maximum atomic E-state index is 10.3. The smallest absolute Gasteiger partial charge is 0.128 e. The van der Waals surface area contributed by atoms with Gasteiger partial charge in [-0.3, -0.25) is 0 Å². The highest BCUT2D eigenvalue weighted by molar-refractivity contribution is 7.84. The minimum Gasteiger partial charge on any atom is -0.508 e. The van der Waals surface area contributed by atoms with Gasteiger partial charge in [0.2, 0.25) is 0 Å². The number of nitrogens with one attached hydrogen (secondary N) is 1. The molecule has 4 nitrogen and oxygen atoms in total. The molecule has 0 unspecified atom stereocenters. The standard InChI is InChI=1S/C19H18N2O2S/c1-3-17(15-8-7-13(22)11-19(15)23)21(12(2)24)18-6-4-5-16-14(18)9-10-20-16/h3-11,20,22-24H,2H2,1H3/b17-3-. The van der Waals surface area contributed by atoms with Crippen LogP contribution in [-0.4, -0.2) is 15.2 Å². The highest BCUT2D eigenvalue weighted by Crippen LogP contribution is 2.39. The van der Waals surface area contributed by atoms with Crippen LogP contribution in [0.25, 0.3) is 16.6 Å². The molecule has 0 spiro atoms. The van der Waals surface area contributed by atoms with Gasteiger partial charge in [0.25, 0.3) is 0 Å². The molecule has 122 valence electrons. The molecule has 3 N–H and O–H groups in total. The summed E-state index contributed by atoms with van der Waals surface area (Å²) in [6.45, 7) is 5.85. The number of nitrogens with zero attached hydrogens (tertiary/aromatic N) is 1. The number of hydrogen-bond donors (Lipinski definition) is 4. The van der Waals surface area contributed by atoms with E-state index in [2.05, 4.69) is 24.2 Å². The number of thiol groups is 1. The topological polar surface area (TPSA) is 59.5 Å². The maximum absolute atomic E-state index is 10.3. The molecule has 2 aromatic carbocycles. The van der Waals surface area contributed by atoms with Crippen LogP contribution in [0, 0.1) is 0 Å². The fourth-order valence-corrected chi connectivity index (χ4v) is 3.03. The molecule has 1 heterocycles. The van der Waals surface area contributed by atoms with Crippen LogP contribution < -0.4 is 4.90 Å². The summed E-state index contributed by atoms with van der Waals surface area (Å²) < 4.78 is 0. The van der Waals surface area contributed by atoms with Crippen molar-refractivity contribution in [1.29, 1.82) is 0 Å². The van der Waals surface area contributed by atoms with Gasteiger partial charge < -0.3 is 20.1 Å². The Balaban J connectivity index is 2.20. The SMILES string of the molecule is C=C(S)N(/C(=C\C)c1ccc(O)cc1O)c1cccc2[nH]ccc12. The maximum Gasteiger partial charge on any atom is 0.128 e. The van der Waals surface area contributed by atoms with E-state index in [1.54, 1.807) is 6.07 Å². The summed E-state index contributed by atoms with van der Waals surface area (Å²) in [5.74, 6) is -0.000355. The van der Waals surface area contributed by atoms with Gasteiger partial charge in [-0.1, -0.05) is 18.7 Å². The number of allylic oxidation sites excluding steroid dienone is 1. The van der Waals surface area contributed by atoms with Gasteiger partial charge in [0.15, 0.2) is 0 Å². The van der Waals surface area contributed by atoms with Gasteiger partial charge in [0.1, 0.15) is 11.5 Å². The van der Waals surface area contributed by atoms with Crippen LogP contribution >= 0.6 is 12.6 Å². The summed E-state index contributed by atoms with van der Waals surface area (Å²) in [4.78, 5) is 5.05. The number of aromatic nitrogens is 1. The van der Waals surface area contributed by atoms with E-state index in [9.17, 15) is 10.2 Å². The monoisotopic (exact) mass is 338 g/mol. The lowest BCUT2D eigenvalue weighted by molar-refractivity contribution is 0.449. The van der Waals surface area contributed by atoms with Crippen molar-refractivity contribution in [2.45, 2.75) is 6.92 Å². The third-order valence-electron chi connectivity index (χ3n) is 3.84. The summed E-state index contributed by atoms with van der Waals surface area (Å²) in [7, 11) is 0. The lowest BCUT2D eigenvalue weighted by atomic mass is 10.1. The van der Waals surface area contributed by atoms with Crippen LogP contribution in [0.3, 0.4) is 0 Å². The molecule has 0 fully saturated rings. The van der Waals surface area contributed by atoms with Gasteiger partial charge in [0.05, 0.1) is 16.4 Å². The quantitative estimate of drug-likeness (QED) is 0.515. The number of phenolic OH excluding ortho intramolecular Hbond substituents is 2. The van der Waals surface area contributed by atoms with Crippen molar-refractivity contribution in [1.82, 2.24) is 4.98 Å². The van der Waals surface area contributed by atoms with Crippen LogP contribution in [0.1, 0.15) is 12.5 Å². The van der Waals surface area contributed by atoms with E-state index < -0.39 is 0 Å². The number of rotatable bonds is 4. The zero-order chi connectivity index (χ0) is 17.3. The number of aromatic hydroxyl groups is 2. The summed E-state index contributed by atoms with van der Waals surface area (Å²) in [5.41, 5.74) is 3.20. The molecular weight excluding hydrogens is 320 g/mol. The van der Waals surface area contributed by atoms with E-state index in [4.69, 9.17) is 0 Å². The van der Waals surface area contributed by atoms with Gasteiger partial charge in [-0.2, -0.15) is 0 Å². The Morgan fingerprint density at radius 3 is 2.67 bits per heavy atom. The first-order valence-electron chi connectivity index (χ1n) is 7.45. The van der Waals surface area contributed by atoms with Crippen molar-refractivity contribution < 1.29 is 10.2 Å². The normalized spacial score (nSPS) is 11.7. The highest BCUT2D eigenvalue weighted by Gasteiger charge is 2.20. The number of fused-ring (bicyclic) bond motifs is 1. The molecule has 0 atom stereocenters. The lowest BCUT2D eigenvalue weighted by Crippen LogP contribution is -2.18. The Bertz CT molecular complexity index is 943. The van der Waals surface area contributed by atoms with Gasteiger partial charge in [-0.25, -0.2) is 0 Å². The van der Waals surface area contributed by atoms with E-state index in [1.807, 2.05) is 48.4 Å². The summed E-state index contributed by atoms with van der Waals surface area (Å²) >= 11 is 4.46. The van der Waals surface area contributed by atoms with E-state index >= 15 is 0 Å². The fraction of sp³-hybridized carbons (Fsp3) is 0.0526. The van der Waals surface area contributed by atoms with Crippen molar-refractivity contribution >= 4 is 34.9 Å². The second-order valence-corrected chi connectivity index (χ2v) is 5.86. The van der Waals surface area contributed by atoms with Crippen molar-refractivity contribution in [3.8, 4) is 11.5 Å². The first-order chi connectivity index (χ1) is 11.5. The number of H-pyrrole nitrogens is 1. The summed E-state index contributed by atoms with van der Waals surface area (Å²) in [6.07, 6.45) is 3.75. The Kier molecular flexibility index (Phi) is 4.27. The van der Waals surface area contributed by atoms with E-state index in [-0.39, 0.29) is 11.5 Å². The lowest BCUT2D eigenvalue weighted by Gasteiger charge is -2.28. The zero-order valence-electron chi connectivity index (χ0n) is 13.2. The van der Waals surface area contributed by atoms with Crippen LogP contribution in [0.15, 0.2) is 66.3 Å². The molecule has 3 aromatic rings. The molecule has 0 aliphatic carbocycles. The van der Waals surface area contributed by atoms with Crippen molar-refractivity contribution in [2.75, 3.05) is 4.90 Å². The molecule has 0 aliphatic heterocycles. The summed E-state index contributed by atoms with van der Waals surface area (Å²) in [5, 5.41) is 21.3. The number of phenols is 2. The molecule has 0 amide bonds. The van der Waals surface area contributed by atoms with E-state index in [1.165, 1.54) is 12.1 Å². The third kappa shape index (κ3) is 2.74. The minimum atomic E-state index is -0.0103. The van der Waals surface area contributed by atoms with Gasteiger partial charge in [-0.05, 0) is 37.3 Å². The second kappa shape index (κ2) is 6.37. The molecule has 0 radical (unpaired) electrons. The van der Waals surface area contributed by atoms with Crippen molar-refractivity contribution in [3.63, 3.8) is 0 Å². The van der Waals surface area contributed by atoms with Gasteiger partial charge in [0, 0.05) is 28.7 Å². The van der Waals surface area contributed by atoms with Crippen molar-refractivity contribution in [2.24, 2.45) is 0 Å². The van der Waals surface area contributed by atoms with Crippen LogP contribution in [-0.2, 0) is 0 Å². The molecule has 0 saturated heterocycles. The first kappa shape index (κ1) is 16.1. The number of benzene rings is 2. The predicted molar refractivity (Wildman–Crippen MR) is 102 cm³/mol. The Labute approximate surface area is 145 Å². The fourth-order valence-electron chi connectivity index (χ4n) is 2.81. The van der Waals surface area contributed by atoms with Gasteiger partial charge >= 0.3 is 0 Å². The molecule has 24 heavy (non-hydrogen) atoms. The molecule has 1 aromatic heterocycles. The van der Waals surface area contributed by atoms with E-state index in [0.717, 1.165) is 22.3 Å². The highest BCUT2D eigenvalue weighted by atomic mass is 32.1. The minimum absolute atomic E-state index is 0.00990. The average Bonchev–Trinajstić information content (AvgIpc) is 3.02. The third-order valence-corrected chi connectivity index (χ3v) is 4.04. The number of hydrogen-bond acceptors (Lipinski definition) is 4. The molecule has 5 heteroatoms.